The summed E-state index contributed by atoms with van der Waals surface area (Å²) in [6.07, 6.45) is 7.34. The number of rotatable bonds is 4. The van der Waals surface area contributed by atoms with E-state index in [0.29, 0.717) is 25.9 Å². The monoisotopic (exact) mass is 419 g/mol. The first-order valence-corrected chi connectivity index (χ1v) is 12.2. The SMILES string of the molecule is CC(=O)N1CCC(CS(=O)(=O)NC(=O)Nc2c3c(cc4c2CCC4)CCC3)CC1. The highest BCUT2D eigenvalue weighted by molar-refractivity contribution is 7.90. The van der Waals surface area contributed by atoms with Crippen LogP contribution in [0.1, 0.15) is 54.9 Å². The first kappa shape index (κ1) is 20.2. The van der Waals surface area contributed by atoms with E-state index < -0.39 is 16.1 Å². The zero-order valence-electron chi connectivity index (χ0n) is 16.9. The highest BCUT2D eigenvalue weighted by atomic mass is 32.2. The van der Waals surface area contributed by atoms with Gasteiger partial charge in [0.05, 0.1) is 5.75 Å². The number of urea groups is 1. The molecule has 0 radical (unpaired) electrons. The third kappa shape index (κ3) is 4.42. The van der Waals surface area contributed by atoms with E-state index in [2.05, 4.69) is 16.1 Å². The van der Waals surface area contributed by atoms with Gasteiger partial charge in [-0.15, -0.1) is 0 Å². The summed E-state index contributed by atoms with van der Waals surface area (Å²) in [5, 5.41) is 2.88. The molecule has 0 atom stereocenters. The molecule has 3 aliphatic rings. The molecule has 0 spiro atoms. The fourth-order valence-electron chi connectivity index (χ4n) is 5.01. The molecule has 4 rings (SSSR count). The molecule has 0 saturated carbocycles. The number of hydrogen-bond acceptors (Lipinski definition) is 4. The Kier molecular flexibility index (Phi) is 5.55. The summed E-state index contributed by atoms with van der Waals surface area (Å²) < 4.78 is 27.3. The van der Waals surface area contributed by atoms with Crippen LogP contribution in [0.4, 0.5) is 10.5 Å². The number of fused-ring (bicyclic) bond motifs is 2. The van der Waals surface area contributed by atoms with Gasteiger partial charge in [0.25, 0.3) is 0 Å². The Labute approximate surface area is 172 Å². The van der Waals surface area contributed by atoms with Crippen molar-refractivity contribution < 1.29 is 18.0 Å². The largest absolute Gasteiger partial charge is 0.343 e. The lowest BCUT2D eigenvalue weighted by Crippen LogP contribution is -2.42. The molecule has 2 N–H and O–H groups in total. The van der Waals surface area contributed by atoms with Crippen LogP contribution in [0.2, 0.25) is 0 Å². The summed E-state index contributed by atoms with van der Waals surface area (Å²) >= 11 is 0. The zero-order valence-corrected chi connectivity index (χ0v) is 17.7. The minimum Gasteiger partial charge on any atom is -0.343 e. The topological polar surface area (TPSA) is 95.6 Å². The van der Waals surface area contributed by atoms with Crippen molar-refractivity contribution in [2.24, 2.45) is 5.92 Å². The van der Waals surface area contributed by atoms with E-state index in [4.69, 9.17) is 0 Å². The molecular weight excluding hydrogens is 390 g/mol. The first-order valence-electron chi connectivity index (χ1n) is 10.6. The lowest BCUT2D eigenvalue weighted by Gasteiger charge is -2.31. The minimum absolute atomic E-state index is 0.0201. The Morgan fingerprint density at radius 1 is 1.03 bits per heavy atom. The van der Waals surface area contributed by atoms with Crippen molar-refractivity contribution in [3.63, 3.8) is 0 Å². The molecular formula is C21H29N3O4S. The molecule has 1 aliphatic heterocycles. The van der Waals surface area contributed by atoms with Gasteiger partial charge in [-0.1, -0.05) is 6.07 Å². The van der Waals surface area contributed by atoms with Crippen molar-refractivity contribution in [2.45, 2.75) is 58.3 Å². The number of anilines is 1. The van der Waals surface area contributed by atoms with Gasteiger partial charge >= 0.3 is 6.03 Å². The predicted octanol–water partition coefficient (Wildman–Crippen LogP) is 2.37. The van der Waals surface area contributed by atoms with Crippen LogP contribution in [0.5, 0.6) is 0 Å². The molecule has 1 fully saturated rings. The molecule has 7 nitrogen and oxygen atoms in total. The number of aryl methyl sites for hydroxylation is 2. The molecule has 158 valence electrons. The van der Waals surface area contributed by atoms with E-state index in [1.165, 1.54) is 29.2 Å². The molecule has 1 aromatic rings. The standard InChI is InChI=1S/C21H29N3O4S/c1-14(25)24-10-8-15(9-11-24)13-29(27,28)23-21(26)22-20-18-6-2-4-16(18)12-17-5-3-7-19(17)20/h12,15H,2-11,13H2,1H3,(H2,22,23,26). The zero-order chi connectivity index (χ0) is 20.6. The van der Waals surface area contributed by atoms with E-state index in [0.717, 1.165) is 44.2 Å². The lowest BCUT2D eigenvalue weighted by molar-refractivity contribution is -0.130. The number of likely N-dealkylation sites (tertiary alicyclic amines) is 1. The number of nitrogens with one attached hydrogen (secondary N) is 2. The van der Waals surface area contributed by atoms with E-state index in [-0.39, 0.29) is 17.6 Å². The number of carbonyl (C=O) groups excluding carboxylic acids is 2. The van der Waals surface area contributed by atoms with Crippen molar-refractivity contribution in [1.82, 2.24) is 9.62 Å². The van der Waals surface area contributed by atoms with Crippen molar-refractivity contribution in [3.05, 3.63) is 28.3 Å². The van der Waals surface area contributed by atoms with Crippen LogP contribution in [0, 0.1) is 5.92 Å². The van der Waals surface area contributed by atoms with Crippen molar-refractivity contribution in [2.75, 3.05) is 24.2 Å². The summed E-state index contributed by atoms with van der Waals surface area (Å²) in [6, 6.07) is 1.61. The Morgan fingerprint density at radius 2 is 1.62 bits per heavy atom. The van der Waals surface area contributed by atoms with Crippen LogP contribution in [0.15, 0.2) is 6.07 Å². The molecule has 1 heterocycles. The number of nitrogens with zero attached hydrogens (tertiary/aromatic N) is 1. The van der Waals surface area contributed by atoms with Gasteiger partial charge in [0.2, 0.25) is 15.9 Å². The summed E-state index contributed by atoms with van der Waals surface area (Å²) in [4.78, 5) is 25.7. The normalized spacial score (nSPS) is 19.0. The second kappa shape index (κ2) is 7.97. The first-order chi connectivity index (χ1) is 13.8. The number of sulfonamides is 1. The van der Waals surface area contributed by atoms with Crippen LogP contribution in [0.3, 0.4) is 0 Å². The number of benzene rings is 1. The fourth-order valence-corrected chi connectivity index (χ4v) is 6.38. The number of hydrogen-bond donors (Lipinski definition) is 2. The maximum absolute atomic E-state index is 12.6. The van der Waals surface area contributed by atoms with Gasteiger partial charge in [0.15, 0.2) is 0 Å². The predicted molar refractivity (Wildman–Crippen MR) is 111 cm³/mol. The lowest BCUT2D eigenvalue weighted by atomic mass is 9.99. The van der Waals surface area contributed by atoms with E-state index in [1.807, 2.05) is 0 Å². The molecule has 0 bridgehead atoms. The number of amides is 3. The van der Waals surface area contributed by atoms with Crippen LogP contribution >= 0.6 is 0 Å². The molecule has 1 saturated heterocycles. The van der Waals surface area contributed by atoms with Crippen LogP contribution in [-0.4, -0.2) is 44.1 Å². The second-order valence-electron chi connectivity index (χ2n) is 8.52. The fraction of sp³-hybridized carbons (Fsp3) is 0.619. The summed E-state index contributed by atoms with van der Waals surface area (Å²) in [5.41, 5.74) is 5.78. The van der Waals surface area contributed by atoms with Gasteiger partial charge < -0.3 is 10.2 Å². The van der Waals surface area contributed by atoms with Crippen LogP contribution < -0.4 is 10.0 Å². The van der Waals surface area contributed by atoms with Gasteiger partial charge in [-0.05, 0) is 79.5 Å². The molecule has 1 aromatic carbocycles. The summed E-state index contributed by atoms with van der Waals surface area (Å²) in [6.45, 7) is 2.67. The molecule has 2 aliphatic carbocycles. The van der Waals surface area contributed by atoms with Gasteiger partial charge in [-0.2, -0.15) is 0 Å². The van der Waals surface area contributed by atoms with Gasteiger partial charge in [-0.3, -0.25) is 4.79 Å². The molecule has 8 heteroatoms. The molecule has 0 aromatic heterocycles. The Morgan fingerprint density at radius 3 is 2.17 bits per heavy atom. The van der Waals surface area contributed by atoms with Crippen LogP contribution in [-0.2, 0) is 40.5 Å². The van der Waals surface area contributed by atoms with Crippen molar-refractivity contribution >= 4 is 27.6 Å². The smallest absolute Gasteiger partial charge is 0.332 e. The van der Waals surface area contributed by atoms with Crippen molar-refractivity contribution in [3.8, 4) is 0 Å². The minimum atomic E-state index is -3.73. The van der Waals surface area contributed by atoms with E-state index in [1.54, 1.807) is 4.90 Å². The van der Waals surface area contributed by atoms with Gasteiger partial charge in [0, 0.05) is 25.7 Å². The number of carbonyl (C=O) groups is 2. The second-order valence-corrected chi connectivity index (χ2v) is 10.3. The maximum atomic E-state index is 12.6. The Balaban J connectivity index is 1.40. The summed E-state index contributed by atoms with van der Waals surface area (Å²) in [7, 11) is -3.73. The third-order valence-corrected chi connectivity index (χ3v) is 7.88. The number of piperidine rings is 1. The molecule has 0 unspecified atom stereocenters. The molecule has 3 amide bonds. The Hall–Kier alpha value is -2.09. The van der Waals surface area contributed by atoms with Gasteiger partial charge in [0.1, 0.15) is 0 Å². The average Bonchev–Trinajstić information content (AvgIpc) is 3.30. The van der Waals surface area contributed by atoms with Crippen LogP contribution in [0.25, 0.3) is 0 Å². The Bertz CT molecular complexity index is 901. The maximum Gasteiger partial charge on any atom is 0.332 e. The van der Waals surface area contributed by atoms with Crippen molar-refractivity contribution in [1.29, 1.82) is 0 Å². The highest BCUT2D eigenvalue weighted by Gasteiger charge is 2.28. The third-order valence-electron chi connectivity index (χ3n) is 6.47. The average molecular weight is 420 g/mol. The van der Waals surface area contributed by atoms with Gasteiger partial charge in [-0.25, -0.2) is 17.9 Å². The highest BCUT2D eigenvalue weighted by Crippen LogP contribution is 2.38. The quantitative estimate of drug-likeness (QED) is 0.783. The molecule has 29 heavy (non-hydrogen) atoms. The van der Waals surface area contributed by atoms with E-state index in [9.17, 15) is 18.0 Å². The van der Waals surface area contributed by atoms with E-state index >= 15 is 0 Å². The summed E-state index contributed by atoms with van der Waals surface area (Å²) in [5.74, 6) is -0.107.